The van der Waals surface area contributed by atoms with Crippen molar-refractivity contribution in [2.45, 2.75) is 32.6 Å². The van der Waals surface area contributed by atoms with Gasteiger partial charge in [-0.25, -0.2) is 9.07 Å². The van der Waals surface area contributed by atoms with Crippen LogP contribution in [0.25, 0.3) is 5.69 Å². The zero-order valence-electron chi connectivity index (χ0n) is 14.7. The molecule has 1 aliphatic heterocycles. The van der Waals surface area contributed by atoms with Crippen LogP contribution in [0.15, 0.2) is 42.5 Å². The Balaban J connectivity index is 1.84. The summed E-state index contributed by atoms with van der Waals surface area (Å²) < 4.78 is 16.1. The van der Waals surface area contributed by atoms with Crippen molar-refractivity contribution in [2.75, 3.05) is 11.9 Å². The highest BCUT2D eigenvalue weighted by Crippen LogP contribution is 2.32. The first-order chi connectivity index (χ1) is 12.6. The minimum absolute atomic E-state index is 0.184. The fraction of sp³-hybridized carbons (Fsp3) is 0.286. The average Bonchev–Trinajstić information content (AvgIpc) is 2.81. The van der Waals surface area contributed by atoms with Crippen LogP contribution < -0.4 is 5.32 Å². The third-order valence-corrected chi connectivity index (χ3v) is 5.41. The van der Waals surface area contributed by atoms with Crippen LogP contribution >= 0.6 is 11.6 Å². The highest BCUT2D eigenvalue weighted by atomic mass is 35.5. The van der Waals surface area contributed by atoms with Crippen molar-refractivity contribution in [3.8, 4) is 5.69 Å². The molecule has 1 aliphatic rings. The first-order valence-electron chi connectivity index (χ1n) is 8.98. The van der Waals surface area contributed by atoms with Crippen LogP contribution in [0.5, 0.6) is 0 Å². The number of aromatic nitrogens is 2. The highest BCUT2D eigenvalue weighted by Gasteiger charge is 2.22. The molecular formula is C21H21ClFN3. The van der Waals surface area contributed by atoms with Gasteiger partial charge in [0, 0.05) is 23.6 Å². The molecule has 1 aromatic heterocycles. The van der Waals surface area contributed by atoms with E-state index < -0.39 is 0 Å². The molecule has 134 valence electrons. The Morgan fingerprint density at radius 1 is 1.15 bits per heavy atom. The molecule has 0 unspecified atom stereocenters. The molecule has 5 heteroatoms. The molecule has 0 saturated heterocycles. The second-order valence-electron chi connectivity index (χ2n) is 6.72. The predicted molar refractivity (Wildman–Crippen MR) is 104 cm³/mol. The van der Waals surface area contributed by atoms with Crippen LogP contribution in [0.1, 0.15) is 35.2 Å². The molecule has 0 atom stereocenters. The van der Waals surface area contributed by atoms with Crippen molar-refractivity contribution >= 4 is 17.4 Å². The minimum Gasteiger partial charge on any atom is -0.370 e. The van der Waals surface area contributed by atoms with Gasteiger partial charge in [-0.05, 0) is 55.5 Å². The number of nitrogens with one attached hydrogen (secondary N) is 1. The quantitative estimate of drug-likeness (QED) is 0.677. The smallest absolute Gasteiger partial charge is 0.133 e. The molecular weight excluding hydrogens is 349 g/mol. The lowest BCUT2D eigenvalue weighted by molar-refractivity contribution is 0.612. The number of rotatable bonds is 3. The predicted octanol–water partition coefficient (Wildman–Crippen LogP) is 5.31. The summed E-state index contributed by atoms with van der Waals surface area (Å²) in [5.41, 5.74) is 4.74. The number of benzene rings is 2. The maximum atomic E-state index is 14.2. The first kappa shape index (κ1) is 17.1. The molecule has 2 aromatic carbocycles. The molecule has 3 nitrogen and oxygen atoms in total. The molecule has 0 amide bonds. The normalized spacial score (nSPS) is 13.8. The number of anilines is 1. The number of halogens is 2. The SMILES string of the molecule is Cc1c(Cl)cccc1-n1nc(Cc2ccccc2F)c2c1NCCCC2. The van der Waals surface area contributed by atoms with Gasteiger partial charge in [-0.2, -0.15) is 5.10 Å². The van der Waals surface area contributed by atoms with Gasteiger partial charge < -0.3 is 5.32 Å². The van der Waals surface area contributed by atoms with Gasteiger partial charge in [-0.3, -0.25) is 0 Å². The first-order valence-corrected chi connectivity index (χ1v) is 9.36. The lowest BCUT2D eigenvalue weighted by Gasteiger charge is -2.12. The van der Waals surface area contributed by atoms with Gasteiger partial charge >= 0.3 is 0 Å². The van der Waals surface area contributed by atoms with E-state index in [9.17, 15) is 4.39 Å². The lowest BCUT2D eigenvalue weighted by Crippen LogP contribution is -2.08. The van der Waals surface area contributed by atoms with E-state index >= 15 is 0 Å². The van der Waals surface area contributed by atoms with E-state index in [0.29, 0.717) is 12.0 Å². The van der Waals surface area contributed by atoms with Crippen molar-refractivity contribution in [1.82, 2.24) is 9.78 Å². The molecule has 0 saturated carbocycles. The Bertz CT molecular complexity index is 948. The maximum absolute atomic E-state index is 14.2. The summed E-state index contributed by atoms with van der Waals surface area (Å²) in [6, 6.07) is 12.8. The van der Waals surface area contributed by atoms with E-state index in [2.05, 4.69) is 5.32 Å². The maximum Gasteiger partial charge on any atom is 0.133 e. The van der Waals surface area contributed by atoms with Crippen molar-refractivity contribution in [1.29, 1.82) is 0 Å². The van der Waals surface area contributed by atoms with Crippen molar-refractivity contribution < 1.29 is 4.39 Å². The van der Waals surface area contributed by atoms with Crippen LogP contribution in [0, 0.1) is 12.7 Å². The van der Waals surface area contributed by atoms with Crippen LogP contribution in [0.2, 0.25) is 5.02 Å². The van der Waals surface area contributed by atoms with Gasteiger partial charge in [-0.1, -0.05) is 35.9 Å². The summed E-state index contributed by atoms with van der Waals surface area (Å²) in [4.78, 5) is 0. The summed E-state index contributed by atoms with van der Waals surface area (Å²) in [5, 5.41) is 9.11. The molecule has 0 aliphatic carbocycles. The molecule has 26 heavy (non-hydrogen) atoms. The molecule has 2 heterocycles. The summed E-state index contributed by atoms with van der Waals surface area (Å²) in [7, 11) is 0. The molecule has 0 spiro atoms. The van der Waals surface area contributed by atoms with E-state index in [0.717, 1.165) is 53.6 Å². The third kappa shape index (κ3) is 3.10. The largest absolute Gasteiger partial charge is 0.370 e. The van der Waals surface area contributed by atoms with E-state index in [1.54, 1.807) is 6.07 Å². The van der Waals surface area contributed by atoms with Gasteiger partial charge in [0.25, 0.3) is 0 Å². The zero-order chi connectivity index (χ0) is 18.1. The Morgan fingerprint density at radius 3 is 2.85 bits per heavy atom. The van der Waals surface area contributed by atoms with Crippen molar-refractivity contribution in [2.24, 2.45) is 0 Å². The monoisotopic (exact) mass is 369 g/mol. The topological polar surface area (TPSA) is 29.9 Å². The Hall–Kier alpha value is -2.33. The van der Waals surface area contributed by atoms with E-state index in [4.69, 9.17) is 16.7 Å². The number of hydrogen-bond donors (Lipinski definition) is 1. The zero-order valence-corrected chi connectivity index (χ0v) is 15.5. The molecule has 3 aromatic rings. The molecule has 4 rings (SSSR count). The molecule has 0 radical (unpaired) electrons. The number of hydrogen-bond acceptors (Lipinski definition) is 2. The van der Waals surface area contributed by atoms with Gasteiger partial charge in [0.2, 0.25) is 0 Å². The fourth-order valence-corrected chi connectivity index (χ4v) is 3.71. The van der Waals surface area contributed by atoms with Gasteiger partial charge in [0.05, 0.1) is 11.4 Å². The molecule has 0 bridgehead atoms. The molecule has 1 N–H and O–H groups in total. The second-order valence-corrected chi connectivity index (χ2v) is 7.13. The average molecular weight is 370 g/mol. The highest BCUT2D eigenvalue weighted by molar-refractivity contribution is 6.31. The third-order valence-electron chi connectivity index (χ3n) is 5.00. The van der Waals surface area contributed by atoms with E-state index in [-0.39, 0.29) is 5.82 Å². The Kier molecular flexibility index (Phi) is 4.68. The Labute approximate surface area is 157 Å². The summed E-state index contributed by atoms with van der Waals surface area (Å²) >= 11 is 6.33. The van der Waals surface area contributed by atoms with Crippen LogP contribution in [-0.4, -0.2) is 16.3 Å². The van der Waals surface area contributed by atoms with Gasteiger partial charge in [0.15, 0.2) is 0 Å². The summed E-state index contributed by atoms with van der Waals surface area (Å²) in [5.74, 6) is 0.829. The van der Waals surface area contributed by atoms with Crippen LogP contribution in [0.3, 0.4) is 0 Å². The summed E-state index contributed by atoms with van der Waals surface area (Å²) in [6.07, 6.45) is 3.65. The number of fused-ring (bicyclic) bond motifs is 1. The Morgan fingerprint density at radius 2 is 2.00 bits per heavy atom. The molecule has 0 fully saturated rings. The van der Waals surface area contributed by atoms with Crippen molar-refractivity contribution in [3.05, 3.63) is 75.7 Å². The summed E-state index contributed by atoms with van der Waals surface area (Å²) in [6.45, 7) is 2.91. The second kappa shape index (κ2) is 7.12. The van der Waals surface area contributed by atoms with Crippen LogP contribution in [0.4, 0.5) is 10.2 Å². The van der Waals surface area contributed by atoms with Crippen LogP contribution in [-0.2, 0) is 12.8 Å². The lowest BCUT2D eigenvalue weighted by atomic mass is 10.0. The van der Waals surface area contributed by atoms with E-state index in [1.807, 2.05) is 41.9 Å². The minimum atomic E-state index is -0.184. The van der Waals surface area contributed by atoms with Gasteiger partial charge in [0.1, 0.15) is 11.6 Å². The standard InChI is InChI=1S/C21H21ClFN3/c1-14-17(22)9-6-11-20(14)26-21-16(8-4-5-12-24-21)19(25-26)13-15-7-2-3-10-18(15)23/h2-3,6-7,9-11,24H,4-5,8,12-13H2,1H3. The van der Waals surface area contributed by atoms with E-state index in [1.165, 1.54) is 11.6 Å². The van der Waals surface area contributed by atoms with Crippen molar-refractivity contribution in [3.63, 3.8) is 0 Å². The fourth-order valence-electron chi connectivity index (χ4n) is 3.54. The van der Waals surface area contributed by atoms with Gasteiger partial charge in [-0.15, -0.1) is 0 Å². The number of nitrogens with zero attached hydrogens (tertiary/aromatic N) is 2.